The number of carbonyl (C=O) groups is 2. The summed E-state index contributed by atoms with van der Waals surface area (Å²) in [4.78, 5) is 22.1. The van der Waals surface area contributed by atoms with Crippen molar-refractivity contribution in [2.45, 2.75) is 72.1 Å². The number of hydrogen-bond donors (Lipinski definition) is 0. The van der Waals surface area contributed by atoms with Gasteiger partial charge in [-0.05, 0) is 0 Å². The van der Waals surface area contributed by atoms with Crippen LogP contribution in [0, 0.1) is 0 Å². The van der Waals surface area contributed by atoms with Crippen molar-refractivity contribution in [3.05, 3.63) is 0 Å². The van der Waals surface area contributed by atoms with E-state index >= 15 is 0 Å². The first-order valence-electron chi connectivity index (χ1n) is 9.58. The molecule has 0 saturated carbocycles. The number of hydrogen-bond acceptors (Lipinski definition) is 4. The molecule has 0 aromatic carbocycles. The van der Waals surface area contributed by atoms with E-state index in [0.717, 1.165) is 0 Å². The minimum atomic E-state index is -8.20. The first-order chi connectivity index (χ1) is 18.9. The summed E-state index contributed by atoms with van der Waals surface area (Å²) in [5.74, 6) is -84.7. The molecule has 0 aromatic rings. The molecular weight excluding hydrogens is 712 g/mol. The molecule has 0 spiro atoms. The molecule has 0 aromatic heterocycles. The van der Waals surface area contributed by atoms with E-state index in [-0.39, 0.29) is 0 Å². The van der Waals surface area contributed by atoms with E-state index in [2.05, 4.69) is 9.47 Å². The quantitative estimate of drug-likeness (QED) is 0.111. The molecule has 4 nitrogen and oxygen atoms in total. The highest BCUT2D eigenvalue weighted by molar-refractivity contribution is 6.29. The summed E-state index contributed by atoms with van der Waals surface area (Å²) >= 11 is 0. The second-order valence-electron chi connectivity index (χ2n) is 7.85. The van der Waals surface area contributed by atoms with Crippen molar-refractivity contribution in [1.82, 2.24) is 0 Å². The first kappa shape index (κ1) is 41.3. The molecule has 0 bridgehead atoms. The van der Waals surface area contributed by atoms with Crippen LogP contribution in [0.2, 0.25) is 0 Å². The molecule has 0 aliphatic carbocycles. The van der Waals surface area contributed by atoms with Crippen LogP contribution in [0.15, 0.2) is 0 Å². The fraction of sp³-hybridized carbons (Fsp3) is 0.875. The molecule has 0 N–H and O–H groups in total. The molecule has 0 unspecified atom stereocenters. The van der Waals surface area contributed by atoms with Crippen LogP contribution in [-0.4, -0.2) is 97.2 Å². The van der Waals surface area contributed by atoms with Gasteiger partial charge in [0.25, 0.3) is 0 Å². The average Bonchev–Trinajstić information content (AvgIpc) is 2.84. The van der Waals surface area contributed by atoms with Crippen molar-refractivity contribution >= 4 is 11.9 Å². The maximum atomic E-state index is 13.5. The predicted molar refractivity (Wildman–Crippen MR) is 83.4 cm³/mol. The van der Waals surface area contributed by atoms with Gasteiger partial charge in [0.2, 0.25) is 0 Å². The van der Waals surface area contributed by atoms with Gasteiger partial charge in [0.15, 0.2) is 13.2 Å². The third-order valence-electron chi connectivity index (χ3n) is 4.82. The summed E-state index contributed by atoms with van der Waals surface area (Å²) in [6.45, 7) is -7.81. The van der Waals surface area contributed by atoms with E-state index in [9.17, 15) is 115 Å². The molecule has 262 valence electrons. The Morgan fingerprint density at radius 1 is 0.386 bits per heavy atom. The van der Waals surface area contributed by atoms with Crippen molar-refractivity contribution < 1.29 is 124 Å². The molecular formula is C16H6F24O4. The minimum absolute atomic E-state index is 2.70. The van der Waals surface area contributed by atoms with Crippen LogP contribution in [0.4, 0.5) is 105 Å². The standard InChI is InChI=1S/C16H6F24O4/c17-5(18)9(25,26)13(33,34)15(37,38)11(29,30)7(21,22)1-43-3(41)4(42)44-2-8(23,24)12(31,32)16(39,40)14(35,36)10(27,28)6(19)20/h5-6H,1-2H2. The fourth-order valence-corrected chi connectivity index (χ4v) is 2.16. The monoisotopic (exact) mass is 718 g/mol. The van der Waals surface area contributed by atoms with Crippen molar-refractivity contribution in [3.8, 4) is 0 Å². The number of halogens is 24. The molecule has 0 atom stereocenters. The zero-order valence-corrected chi connectivity index (χ0v) is 19.3. The summed E-state index contributed by atoms with van der Waals surface area (Å²) in [5, 5.41) is 0. The summed E-state index contributed by atoms with van der Waals surface area (Å²) in [6, 6.07) is 0. The van der Waals surface area contributed by atoms with Crippen molar-refractivity contribution in [3.63, 3.8) is 0 Å². The normalized spacial score (nSPS) is 15.6. The smallest absolute Gasteiger partial charge is 0.417 e. The van der Waals surface area contributed by atoms with E-state index in [1.54, 1.807) is 0 Å². The van der Waals surface area contributed by atoms with Crippen molar-refractivity contribution in [2.24, 2.45) is 0 Å². The second kappa shape index (κ2) is 11.6. The maximum absolute atomic E-state index is 13.5. The Hall–Kier alpha value is -2.74. The van der Waals surface area contributed by atoms with Gasteiger partial charge in [-0.2, -0.15) is 87.8 Å². The highest BCUT2D eigenvalue weighted by Crippen LogP contribution is 2.59. The summed E-state index contributed by atoms with van der Waals surface area (Å²) in [7, 11) is 0. The lowest BCUT2D eigenvalue weighted by Gasteiger charge is -2.39. The van der Waals surface area contributed by atoms with Crippen LogP contribution in [0.1, 0.15) is 0 Å². The molecule has 0 saturated heterocycles. The maximum Gasteiger partial charge on any atom is 0.417 e. The zero-order chi connectivity index (χ0) is 36.1. The highest BCUT2D eigenvalue weighted by atomic mass is 19.4. The van der Waals surface area contributed by atoms with Crippen LogP contribution < -0.4 is 0 Å². The Bertz CT molecular complexity index is 967. The van der Waals surface area contributed by atoms with E-state index in [1.165, 1.54) is 0 Å². The van der Waals surface area contributed by atoms with Gasteiger partial charge in [-0.1, -0.05) is 0 Å². The first-order valence-corrected chi connectivity index (χ1v) is 9.58. The molecule has 0 aliphatic rings. The zero-order valence-electron chi connectivity index (χ0n) is 19.3. The number of carbonyl (C=O) groups excluding carboxylic acids is 2. The molecule has 0 radical (unpaired) electrons. The molecule has 0 heterocycles. The van der Waals surface area contributed by atoms with Gasteiger partial charge in [-0.15, -0.1) is 0 Å². The molecule has 0 aliphatic heterocycles. The second-order valence-corrected chi connectivity index (χ2v) is 7.85. The predicted octanol–water partition coefficient (Wildman–Crippen LogP) is 6.96. The van der Waals surface area contributed by atoms with E-state index in [4.69, 9.17) is 0 Å². The van der Waals surface area contributed by atoms with Gasteiger partial charge in [0, 0.05) is 0 Å². The number of alkyl halides is 24. The van der Waals surface area contributed by atoms with Crippen LogP contribution in [0.25, 0.3) is 0 Å². The molecule has 0 rings (SSSR count). The van der Waals surface area contributed by atoms with Crippen LogP contribution in [0.3, 0.4) is 0 Å². The van der Waals surface area contributed by atoms with E-state index in [0.29, 0.717) is 0 Å². The van der Waals surface area contributed by atoms with Crippen molar-refractivity contribution in [1.29, 1.82) is 0 Å². The Morgan fingerprint density at radius 3 is 0.773 bits per heavy atom. The number of rotatable bonds is 14. The third kappa shape index (κ3) is 6.08. The highest BCUT2D eigenvalue weighted by Gasteiger charge is 2.89. The molecule has 44 heavy (non-hydrogen) atoms. The van der Waals surface area contributed by atoms with Gasteiger partial charge in [-0.3, -0.25) is 0 Å². The fourth-order valence-electron chi connectivity index (χ4n) is 2.16. The molecule has 0 fully saturated rings. The molecule has 28 heteroatoms. The van der Waals surface area contributed by atoms with E-state index in [1.807, 2.05) is 0 Å². The van der Waals surface area contributed by atoms with Gasteiger partial charge < -0.3 is 9.47 Å². The topological polar surface area (TPSA) is 52.6 Å². The van der Waals surface area contributed by atoms with Crippen LogP contribution in [0.5, 0.6) is 0 Å². The van der Waals surface area contributed by atoms with Gasteiger partial charge >= 0.3 is 84.0 Å². The Kier molecular flexibility index (Phi) is 10.8. The Labute approximate surface area is 223 Å². The number of esters is 2. The van der Waals surface area contributed by atoms with Crippen LogP contribution in [-0.2, 0) is 19.1 Å². The van der Waals surface area contributed by atoms with Gasteiger partial charge in [0.1, 0.15) is 0 Å². The largest absolute Gasteiger partial charge is 0.451 e. The SMILES string of the molecule is O=C(OCC(F)(F)C(F)(F)C(F)(F)C(F)(F)C(F)(F)C(F)F)C(=O)OCC(F)(F)C(F)(F)C(F)(F)C(F)(F)C(F)(F)C(F)F. The van der Waals surface area contributed by atoms with Gasteiger partial charge in [-0.25, -0.2) is 27.2 Å². The summed E-state index contributed by atoms with van der Waals surface area (Å²) in [6.07, 6.45) is -11.8. The lowest BCUT2D eigenvalue weighted by atomic mass is 9.94. The van der Waals surface area contributed by atoms with Crippen LogP contribution >= 0.6 is 0 Å². The Morgan fingerprint density at radius 2 is 0.591 bits per heavy atom. The minimum Gasteiger partial charge on any atom is -0.451 e. The lowest BCUT2D eigenvalue weighted by molar-refractivity contribution is -0.415. The Balaban J connectivity index is 5.90. The van der Waals surface area contributed by atoms with Gasteiger partial charge in [0.05, 0.1) is 0 Å². The summed E-state index contributed by atoms with van der Waals surface area (Å²) < 4.78 is 317. The van der Waals surface area contributed by atoms with Crippen molar-refractivity contribution in [2.75, 3.05) is 13.2 Å². The summed E-state index contributed by atoms with van der Waals surface area (Å²) in [5.41, 5.74) is 0. The lowest BCUT2D eigenvalue weighted by Crippen LogP contribution is -2.69. The molecule has 0 amide bonds. The average molecular weight is 718 g/mol. The van der Waals surface area contributed by atoms with E-state index < -0.39 is 97.2 Å². The third-order valence-corrected chi connectivity index (χ3v) is 4.82. The number of ether oxygens (including phenoxy) is 2.